The number of aliphatic hydroxyl groups is 1. The van der Waals surface area contributed by atoms with E-state index < -0.39 is 6.10 Å². The predicted molar refractivity (Wildman–Crippen MR) is 76.4 cm³/mol. The maximum Gasteiger partial charge on any atom is 0.264 e. The van der Waals surface area contributed by atoms with Gasteiger partial charge in [-0.3, -0.25) is 4.79 Å². The molecule has 1 aromatic carbocycles. The fourth-order valence-corrected chi connectivity index (χ4v) is 2.15. The molecule has 0 radical (unpaired) electrons. The van der Waals surface area contributed by atoms with Crippen LogP contribution in [0.2, 0.25) is 0 Å². The summed E-state index contributed by atoms with van der Waals surface area (Å²) in [5.41, 5.74) is 1.77. The molecule has 0 spiro atoms. The van der Waals surface area contributed by atoms with Gasteiger partial charge in [0.05, 0.1) is 5.71 Å². The molecule has 0 bridgehead atoms. The van der Waals surface area contributed by atoms with Gasteiger partial charge in [0.15, 0.2) is 0 Å². The largest absolute Gasteiger partial charge is 0.396 e. The Labute approximate surface area is 118 Å². The zero-order valence-corrected chi connectivity index (χ0v) is 11.6. The van der Waals surface area contributed by atoms with Gasteiger partial charge in [-0.15, -0.1) is 0 Å². The first kappa shape index (κ1) is 14.5. The summed E-state index contributed by atoms with van der Waals surface area (Å²) in [7, 11) is 0. The fraction of sp³-hybridized carbons (Fsp3) is 0.467. The van der Waals surface area contributed by atoms with Crippen molar-refractivity contribution in [3.63, 3.8) is 0 Å². The van der Waals surface area contributed by atoms with Gasteiger partial charge >= 0.3 is 0 Å². The van der Waals surface area contributed by atoms with Crippen LogP contribution in [-0.4, -0.2) is 35.5 Å². The van der Waals surface area contributed by atoms with Gasteiger partial charge in [0, 0.05) is 19.1 Å². The molecule has 1 aliphatic rings. The third-order valence-corrected chi connectivity index (χ3v) is 3.39. The number of rotatable bonds is 6. The van der Waals surface area contributed by atoms with E-state index in [2.05, 4.69) is 10.5 Å². The van der Waals surface area contributed by atoms with Crippen LogP contribution in [0.15, 0.2) is 35.5 Å². The Bertz CT molecular complexity index is 473. The molecule has 2 atom stereocenters. The second-order valence-electron chi connectivity index (χ2n) is 4.83. The Morgan fingerprint density at radius 3 is 2.90 bits per heavy atom. The standard InChI is InChI=1S/C15H20N2O3/c1-2-12(8-9-18)16-15(19)14-10-13(17-20-14)11-6-4-3-5-7-11/h3-7,12,14,18H,2,8-10H2,1H3,(H,16,19). The number of carbonyl (C=O) groups is 1. The summed E-state index contributed by atoms with van der Waals surface area (Å²) in [6.07, 6.45) is 1.25. The first-order valence-corrected chi connectivity index (χ1v) is 6.94. The molecule has 5 nitrogen and oxygen atoms in total. The van der Waals surface area contributed by atoms with Gasteiger partial charge in [-0.2, -0.15) is 0 Å². The Hall–Kier alpha value is -1.88. The zero-order valence-electron chi connectivity index (χ0n) is 11.6. The van der Waals surface area contributed by atoms with Gasteiger partial charge in [0.1, 0.15) is 0 Å². The number of benzene rings is 1. The molecule has 0 fully saturated rings. The number of nitrogens with one attached hydrogen (secondary N) is 1. The number of hydrogen-bond donors (Lipinski definition) is 2. The minimum Gasteiger partial charge on any atom is -0.396 e. The second kappa shape index (κ2) is 7.05. The van der Waals surface area contributed by atoms with Crippen LogP contribution in [-0.2, 0) is 9.63 Å². The maximum absolute atomic E-state index is 12.1. The topological polar surface area (TPSA) is 70.9 Å². The van der Waals surface area contributed by atoms with Gasteiger partial charge in [0.2, 0.25) is 6.10 Å². The lowest BCUT2D eigenvalue weighted by atomic mass is 10.0. The quantitative estimate of drug-likeness (QED) is 0.826. The van der Waals surface area contributed by atoms with Gasteiger partial charge in [-0.05, 0) is 18.4 Å². The van der Waals surface area contributed by atoms with Crippen molar-refractivity contribution in [3.05, 3.63) is 35.9 Å². The number of aliphatic hydroxyl groups excluding tert-OH is 1. The van der Waals surface area contributed by atoms with E-state index in [1.165, 1.54) is 0 Å². The smallest absolute Gasteiger partial charge is 0.264 e. The van der Waals surface area contributed by atoms with Gasteiger partial charge in [-0.1, -0.05) is 42.4 Å². The molecule has 1 aromatic rings. The van der Waals surface area contributed by atoms with E-state index in [4.69, 9.17) is 9.94 Å². The summed E-state index contributed by atoms with van der Waals surface area (Å²) in [5.74, 6) is -0.167. The lowest BCUT2D eigenvalue weighted by Crippen LogP contribution is -2.41. The third-order valence-electron chi connectivity index (χ3n) is 3.39. The van der Waals surface area contributed by atoms with Gasteiger partial charge < -0.3 is 15.3 Å². The summed E-state index contributed by atoms with van der Waals surface area (Å²) in [6.45, 7) is 2.04. The zero-order chi connectivity index (χ0) is 14.4. The minimum absolute atomic E-state index is 0.0168. The van der Waals surface area contributed by atoms with E-state index in [9.17, 15) is 4.79 Å². The molecular weight excluding hydrogens is 256 g/mol. The van der Waals surface area contributed by atoms with E-state index in [-0.39, 0.29) is 18.6 Å². The molecule has 2 rings (SSSR count). The molecule has 0 aliphatic carbocycles. The minimum atomic E-state index is -0.571. The Morgan fingerprint density at radius 1 is 1.50 bits per heavy atom. The number of nitrogens with zero attached hydrogens (tertiary/aromatic N) is 1. The van der Waals surface area contributed by atoms with E-state index in [1.807, 2.05) is 37.3 Å². The molecule has 2 N–H and O–H groups in total. The van der Waals surface area contributed by atoms with Crippen LogP contribution in [0.4, 0.5) is 0 Å². The summed E-state index contributed by atoms with van der Waals surface area (Å²) < 4.78 is 0. The van der Waals surface area contributed by atoms with Crippen molar-refractivity contribution < 1.29 is 14.7 Å². The van der Waals surface area contributed by atoms with Crippen LogP contribution in [0, 0.1) is 0 Å². The lowest BCUT2D eigenvalue weighted by Gasteiger charge is -2.17. The number of amides is 1. The van der Waals surface area contributed by atoms with E-state index >= 15 is 0 Å². The van der Waals surface area contributed by atoms with Crippen LogP contribution in [0.5, 0.6) is 0 Å². The molecule has 1 heterocycles. The van der Waals surface area contributed by atoms with Crippen LogP contribution >= 0.6 is 0 Å². The lowest BCUT2D eigenvalue weighted by molar-refractivity contribution is -0.132. The van der Waals surface area contributed by atoms with Crippen molar-refractivity contribution in [2.75, 3.05) is 6.61 Å². The van der Waals surface area contributed by atoms with Crippen molar-refractivity contribution in [1.82, 2.24) is 5.32 Å². The molecule has 1 aliphatic heterocycles. The van der Waals surface area contributed by atoms with Crippen LogP contribution in [0.25, 0.3) is 0 Å². The van der Waals surface area contributed by atoms with Crippen LogP contribution < -0.4 is 5.32 Å². The third kappa shape index (κ3) is 3.57. The van der Waals surface area contributed by atoms with E-state index in [0.717, 1.165) is 17.7 Å². The van der Waals surface area contributed by atoms with Crippen molar-refractivity contribution in [3.8, 4) is 0 Å². The maximum atomic E-state index is 12.1. The van der Waals surface area contributed by atoms with Crippen molar-refractivity contribution in [1.29, 1.82) is 0 Å². The van der Waals surface area contributed by atoms with E-state index in [0.29, 0.717) is 12.8 Å². The molecule has 5 heteroatoms. The highest BCUT2D eigenvalue weighted by Crippen LogP contribution is 2.17. The molecule has 20 heavy (non-hydrogen) atoms. The summed E-state index contributed by atoms with van der Waals surface area (Å²) in [6, 6.07) is 9.67. The SMILES string of the molecule is CCC(CCO)NC(=O)C1CC(c2ccccc2)=NO1. The molecular formula is C15H20N2O3. The monoisotopic (exact) mass is 276 g/mol. The normalized spacial score (nSPS) is 19.1. The van der Waals surface area contributed by atoms with Crippen molar-refractivity contribution in [2.45, 2.75) is 38.3 Å². The molecule has 0 aromatic heterocycles. The van der Waals surface area contributed by atoms with E-state index in [1.54, 1.807) is 0 Å². The predicted octanol–water partition coefficient (Wildman–Crippen LogP) is 1.46. The van der Waals surface area contributed by atoms with Crippen LogP contribution in [0.3, 0.4) is 0 Å². The number of hydrogen-bond acceptors (Lipinski definition) is 4. The molecule has 0 saturated heterocycles. The molecule has 108 valence electrons. The summed E-state index contributed by atoms with van der Waals surface area (Å²) >= 11 is 0. The van der Waals surface area contributed by atoms with Gasteiger partial charge in [0.25, 0.3) is 5.91 Å². The Morgan fingerprint density at radius 2 is 2.25 bits per heavy atom. The highest BCUT2D eigenvalue weighted by Gasteiger charge is 2.29. The highest BCUT2D eigenvalue weighted by molar-refractivity contribution is 6.04. The van der Waals surface area contributed by atoms with Gasteiger partial charge in [-0.25, -0.2) is 0 Å². The number of oxime groups is 1. The van der Waals surface area contributed by atoms with Crippen molar-refractivity contribution in [2.24, 2.45) is 5.16 Å². The Kier molecular flexibility index (Phi) is 5.12. The average Bonchev–Trinajstić information content (AvgIpc) is 2.97. The Balaban J connectivity index is 1.89. The fourth-order valence-electron chi connectivity index (χ4n) is 2.15. The summed E-state index contributed by atoms with van der Waals surface area (Å²) in [5, 5.41) is 15.8. The molecule has 0 saturated carbocycles. The van der Waals surface area contributed by atoms with Crippen molar-refractivity contribution >= 4 is 11.6 Å². The first-order chi connectivity index (χ1) is 9.74. The first-order valence-electron chi connectivity index (χ1n) is 6.94. The number of carbonyl (C=O) groups excluding carboxylic acids is 1. The summed E-state index contributed by atoms with van der Waals surface area (Å²) in [4.78, 5) is 17.3. The second-order valence-corrected chi connectivity index (χ2v) is 4.83. The molecule has 1 amide bonds. The van der Waals surface area contributed by atoms with Crippen LogP contribution in [0.1, 0.15) is 31.7 Å². The molecule has 2 unspecified atom stereocenters. The highest BCUT2D eigenvalue weighted by atomic mass is 16.6. The average molecular weight is 276 g/mol.